The number of likely N-dealkylation sites (N-methyl/N-ethyl adjacent to an activating group) is 1. The van der Waals surface area contributed by atoms with Crippen LogP contribution < -0.4 is 0 Å². The summed E-state index contributed by atoms with van der Waals surface area (Å²) in [6, 6.07) is 0. The molecule has 0 amide bonds. The molecule has 2 rings (SSSR count). The molecule has 0 unspecified atom stereocenters. The summed E-state index contributed by atoms with van der Waals surface area (Å²) in [6.45, 7) is 4.54. The normalized spacial score (nSPS) is 23.3. The quantitative estimate of drug-likeness (QED) is 0.704. The summed E-state index contributed by atoms with van der Waals surface area (Å²) < 4.78 is 28.4. The van der Waals surface area contributed by atoms with Gasteiger partial charge in [0.05, 0.1) is 7.05 Å². The van der Waals surface area contributed by atoms with E-state index in [1.54, 1.807) is 30.6 Å². The molecule has 1 aliphatic heterocycles. The highest BCUT2D eigenvalue weighted by molar-refractivity contribution is 7.90. The number of rotatable bonds is 2. The van der Waals surface area contributed by atoms with Gasteiger partial charge in [0.1, 0.15) is 17.3 Å². The van der Waals surface area contributed by atoms with Gasteiger partial charge in [0.2, 0.25) is 6.34 Å². The minimum atomic E-state index is -3.37. The van der Waals surface area contributed by atoms with Crippen molar-refractivity contribution in [2.75, 3.05) is 13.6 Å². The first-order chi connectivity index (χ1) is 8.34. The number of allylic oxidation sites excluding steroid dienone is 4. The number of hydrogen-bond acceptors (Lipinski definition) is 2. The van der Waals surface area contributed by atoms with Gasteiger partial charge in [-0.25, -0.2) is 0 Å². The van der Waals surface area contributed by atoms with E-state index in [0.29, 0.717) is 6.54 Å². The topological polar surface area (TPSA) is 40.4 Å². The SMILES string of the molecule is C[N+]1=CN(S(=O)(=O)C2C=CC=CC=C2)CC1(C)C. The lowest BCUT2D eigenvalue weighted by molar-refractivity contribution is -0.559. The van der Waals surface area contributed by atoms with Crippen LogP contribution in [0.2, 0.25) is 0 Å². The standard InChI is InChI=1S/C13H19N2O2S/c1-13(2)10-15(11-14(13)3)18(16,17)12-8-6-4-5-7-9-12/h4-9,11-12H,10H2,1-3H3/q+1. The van der Waals surface area contributed by atoms with E-state index in [4.69, 9.17) is 0 Å². The van der Waals surface area contributed by atoms with Crippen LogP contribution in [0.15, 0.2) is 36.5 Å². The highest BCUT2D eigenvalue weighted by Gasteiger charge is 2.44. The lowest BCUT2D eigenvalue weighted by Crippen LogP contribution is -2.40. The Morgan fingerprint density at radius 3 is 2.17 bits per heavy atom. The first-order valence-electron chi connectivity index (χ1n) is 5.94. The van der Waals surface area contributed by atoms with Gasteiger partial charge in [0.15, 0.2) is 0 Å². The molecule has 98 valence electrons. The largest absolute Gasteiger partial charge is 0.310 e. The van der Waals surface area contributed by atoms with Crippen molar-refractivity contribution >= 4 is 16.4 Å². The van der Waals surface area contributed by atoms with Gasteiger partial charge in [0, 0.05) is 0 Å². The third-order valence-electron chi connectivity index (χ3n) is 3.41. The summed E-state index contributed by atoms with van der Waals surface area (Å²) in [5, 5.41) is -0.592. The van der Waals surface area contributed by atoms with Crippen LogP contribution in [-0.4, -0.2) is 48.0 Å². The molecule has 0 N–H and O–H groups in total. The summed E-state index contributed by atoms with van der Waals surface area (Å²) in [6.07, 6.45) is 12.3. The van der Waals surface area contributed by atoms with Gasteiger partial charge >= 0.3 is 10.0 Å². The van der Waals surface area contributed by atoms with Crippen molar-refractivity contribution in [3.8, 4) is 0 Å². The summed E-state index contributed by atoms with van der Waals surface area (Å²) >= 11 is 0. The monoisotopic (exact) mass is 267 g/mol. The lowest BCUT2D eigenvalue weighted by atomic mass is 10.1. The van der Waals surface area contributed by atoms with E-state index >= 15 is 0 Å². The van der Waals surface area contributed by atoms with Gasteiger partial charge in [-0.05, 0) is 13.8 Å². The van der Waals surface area contributed by atoms with Gasteiger partial charge in [-0.1, -0.05) is 36.5 Å². The van der Waals surface area contributed by atoms with Gasteiger partial charge in [-0.2, -0.15) is 12.7 Å². The Kier molecular flexibility index (Phi) is 3.19. The average Bonchev–Trinajstić information content (AvgIpc) is 2.51. The van der Waals surface area contributed by atoms with E-state index in [1.165, 1.54) is 4.31 Å². The number of hydrogen-bond donors (Lipinski definition) is 0. The average molecular weight is 267 g/mol. The van der Waals surface area contributed by atoms with E-state index in [2.05, 4.69) is 0 Å². The van der Waals surface area contributed by atoms with Crippen molar-refractivity contribution in [1.29, 1.82) is 0 Å². The minimum absolute atomic E-state index is 0.163. The molecule has 5 heteroatoms. The van der Waals surface area contributed by atoms with Gasteiger partial charge < -0.3 is 0 Å². The molecule has 0 saturated heterocycles. The molecule has 18 heavy (non-hydrogen) atoms. The molecule has 4 nitrogen and oxygen atoms in total. The molecule has 0 fully saturated rings. The van der Waals surface area contributed by atoms with Crippen molar-refractivity contribution in [2.45, 2.75) is 24.6 Å². The van der Waals surface area contributed by atoms with Crippen LogP contribution in [0, 0.1) is 0 Å². The van der Waals surface area contributed by atoms with Crippen LogP contribution in [0.4, 0.5) is 0 Å². The zero-order valence-electron chi connectivity index (χ0n) is 10.9. The van der Waals surface area contributed by atoms with E-state index in [9.17, 15) is 8.42 Å². The van der Waals surface area contributed by atoms with Crippen molar-refractivity contribution in [3.63, 3.8) is 0 Å². The second kappa shape index (κ2) is 4.39. The summed E-state index contributed by atoms with van der Waals surface area (Å²) in [5.41, 5.74) is -0.163. The molecule has 0 bridgehead atoms. The van der Waals surface area contributed by atoms with Gasteiger partial charge in [-0.15, -0.1) is 0 Å². The molecule has 0 radical (unpaired) electrons. The van der Waals surface area contributed by atoms with Crippen molar-refractivity contribution < 1.29 is 13.0 Å². The molecular formula is C13H19N2O2S+. The predicted molar refractivity (Wildman–Crippen MR) is 73.2 cm³/mol. The Hall–Kier alpha value is -1.36. The van der Waals surface area contributed by atoms with E-state index in [1.807, 2.05) is 37.6 Å². The zero-order chi connectivity index (χ0) is 13.4. The minimum Gasteiger partial charge on any atom is -0.261 e. The van der Waals surface area contributed by atoms with Crippen LogP contribution in [-0.2, 0) is 10.0 Å². The fraction of sp³-hybridized carbons (Fsp3) is 0.462. The molecule has 0 aromatic heterocycles. The Morgan fingerprint density at radius 1 is 1.17 bits per heavy atom. The summed E-state index contributed by atoms with van der Waals surface area (Å²) in [5.74, 6) is 0. The summed E-state index contributed by atoms with van der Waals surface area (Å²) in [4.78, 5) is 0. The highest BCUT2D eigenvalue weighted by atomic mass is 32.2. The molecule has 0 atom stereocenters. The fourth-order valence-electron chi connectivity index (χ4n) is 1.93. The molecule has 0 aromatic carbocycles. The van der Waals surface area contributed by atoms with E-state index in [0.717, 1.165) is 0 Å². The fourth-order valence-corrected chi connectivity index (χ4v) is 3.59. The van der Waals surface area contributed by atoms with Crippen LogP contribution in [0.3, 0.4) is 0 Å². The molecule has 0 spiro atoms. The van der Waals surface area contributed by atoms with Crippen molar-refractivity contribution in [2.24, 2.45) is 0 Å². The Labute approximate surface area is 109 Å². The maximum Gasteiger partial charge on any atom is 0.310 e. The van der Waals surface area contributed by atoms with E-state index < -0.39 is 15.3 Å². The molecule has 0 aromatic rings. The van der Waals surface area contributed by atoms with Crippen LogP contribution >= 0.6 is 0 Å². The molecule has 0 saturated carbocycles. The predicted octanol–water partition coefficient (Wildman–Crippen LogP) is 1.13. The summed E-state index contributed by atoms with van der Waals surface area (Å²) in [7, 11) is -1.47. The van der Waals surface area contributed by atoms with Gasteiger partial charge in [0.25, 0.3) is 0 Å². The van der Waals surface area contributed by atoms with E-state index in [-0.39, 0.29) is 5.54 Å². The number of nitrogens with zero attached hydrogens (tertiary/aromatic N) is 2. The molecule has 2 aliphatic rings. The number of sulfonamides is 1. The Balaban J connectivity index is 2.29. The van der Waals surface area contributed by atoms with Crippen molar-refractivity contribution in [3.05, 3.63) is 36.5 Å². The first-order valence-corrected chi connectivity index (χ1v) is 7.45. The van der Waals surface area contributed by atoms with Crippen LogP contribution in [0.5, 0.6) is 0 Å². The highest BCUT2D eigenvalue weighted by Crippen LogP contribution is 2.21. The van der Waals surface area contributed by atoms with Crippen LogP contribution in [0.1, 0.15) is 13.8 Å². The maximum atomic E-state index is 12.5. The third kappa shape index (κ3) is 2.27. The smallest absolute Gasteiger partial charge is 0.261 e. The lowest BCUT2D eigenvalue weighted by Gasteiger charge is -2.17. The molecule has 1 aliphatic carbocycles. The first kappa shape index (κ1) is 13.1. The third-order valence-corrected chi connectivity index (χ3v) is 5.28. The Morgan fingerprint density at radius 2 is 1.72 bits per heavy atom. The maximum absolute atomic E-state index is 12.5. The zero-order valence-corrected chi connectivity index (χ0v) is 11.8. The second-order valence-electron chi connectivity index (χ2n) is 5.25. The van der Waals surface area contributed by atoms with Crippen LogP contribution in [0.25, 0.3) is 0 Å². The van der Waals surface area contributed by atoms with Crippen molar-refractivity contribution in [1.82, 2.24) is 4.31 Å². The second-order valence-corrected chi connectivity index (χ2v) is 7.29. The van der Waals surface area contributed by atoms with Gasteiger partial charge in [-0.3, -0.25) is 4.58 Å². The Bertz CT molecular complexity index is 538. The molecular weight excluding hydrogens is 248 g/mol. The molecule has 1 heterocycles.